The molecule has 0 spiro atoms. The molecular weight excluding hydrogens is 391 g/mol. The minimum absolute atomic E-state index is 0. The number of aliphatic imine (C=N–C) groups is 1. The summed E-state index contributed by atoms with van der Waals surface area (Å²) < 4.78 is 5.64. The average Bonchev–Trinajstić information content (AvgIpc) is 3.40. The number of ether oxygens (including phenoxy) is 1. The maximum absolute atomic E-state index is 5.64. The third kappa shape index (κ3) is 5.98. The van der Waals surface area contributed by atoms with Gasteiger partial charge >= 0.3 is 0 Å². The molecule has 2 aliphatic rings. The van der Waals surface area contributed by atoms with Crippen LogP contribution in [0.15, 0.2) is 23.3 Å². The predicted octanol–water partition coefficient (Wildman–Crippen LogP) is 2.56. The van der Waals surface area contributed by atoms with Crippen molar-refractivity contribution in [2.75, 3.05) is 20.2 Å². The van der Waals surface area contributed by atoms with Crippen molar-refractivity contribution in [1.82, 2.24) is 15.6 Å². The second-order valence-corrected chi connectivity index (χ2v) is 6.01. The van der Waals surface area contributed by atoms with Crippen LogP contribution in [0.2, 0.25) is 0 Å². The zero-order valence-electron chi connectivity index (χ0n) is 13.0. The predicted molar refractivity (Wildman–Crippen MR) is 98.8 cm³/mol. The first-order chi connectivity index (χ1) is 10.3. The average molecular weight is 416 g/mol. The highest BCUT2D eigenvalue weighted by atomic mass is 127. The first-order valence-electron chi connectivity index (χ1n) is 7.85. The van der Waals surface area contributed by atoms with E-state index in [2.05, 4.69) is 26.7 Å². The molecule has 2 saturated carbocycles. The Morgan fingerprint density at radius 2 is 2.00 bits per heavy atom. The molecule has 0 saturated heterocycles. The van der Waals surface area contributed by atoms with Gasteiger partial charge in [-0.2, -0.15) is 0 Å². The van der Waals surface area contributed by atoms with Crippen molar-refractivity contribution in [1.29, 1.82) is 0 Å². The van der Waals surface area contributed by atoms with E-state index < -0.39 is 0 Å². The number of nitrogens with zero attached hydrogens (tertiary/aromatic N) is 2. The molecule has 0 radical (unpaired) electrons. The van der Waals surface area contributed by atoms with Crippen molar-refractivity contribution in [3.05, 3.63) is 23.9 Å². The fourth-order valence-corrected chi connectivity index (χ4v) is 2.06. The molecule has 2 aliphatic carbocycles. The van der Waals surface area contributed by atoms with Gasteiger partial charge in [-0.25, -0.2) is 4.98 Å². The highest BCUT2D eigenvalue weighted by Crippen LogP contribution is 2.29. The molecule has 0 aromatic carbocycles. The molecule has 0 bridgehead atoms. The van der Waals surface area contributed by atoms with Gasteiger partial charge in [0.15, 0.2) is 5.96 Å². The number of pyridine rings is 1. The van der Waals surface area contributed by atoms with Crippen molar-refractivity contribution in [3.8, 4) is 5.88 Å². The molecule has 0 atom stereocenters. The Labute approximate surface area is 149 Å². The summed E-state index contributed by atoms with van der Waals surface area (Å²) in [5.41, 5.74) is 1.13. The molecule has 122 valence electrons. The lowest BCUT2D eigenvalue weighted by Crippen LogP contribution is -2.37. The molecule has 2 fully saturated rings. The van der Waals surface area contributed by atoms with Crippen molar-refractivity contribution < 1.29 is 4.74 Å². The molecule has 0 amide bonds. The summed E-state index contributed by atoms with van der Waals surface area (Å²) in [4.78, 5) is 8.57. The van der Waals surface area contributed by atoms with Gasteiger partial charge in [-0.05, 0) is 43.1 Å². The zero-order chi connectivity index (χ0) is 14.5. The van der Waals surface area contributed by atoms with Crippen molar-refractivity contribution in [3.63, 3.8) is 0 Å². The Bertz CT molecular complexity index is 483. The van der Waals surface area contributed by atoms with Gasteiger partial charge < -0.3 is 15.4 Å². The number of halogens is 1. The van der Waals surface area contributed by atoms with E-state index in [1.54, 1.807) is 7.05 Å². The maximum Gasteiger partial charge on any atom is 0.213 e. The van der Waals surface area contributed by atoms with Crippen LogP contribution in [0.3, 0.4) is 0 Å². The first-order valence-corrected chi connectivity index (χ1v) is 7.85. The van der Waals surface area contributed by atoms with Crippen LogP contribution < -0.4 is 15.4 Å². The number of guanidine groups is 1. The zero-order valence-corrected chi connectivity index (χ0v) is 15.4. The molecule has 0 aliphatic heterocycles. The van der Waals surface area contributed by atoms with Gasteiger partial charge in [0.25, 0.3) is 0 Å². The van der Waals surface area contributed by atoms with Gasteiger partial charge in [-0.15, -0.1) is 24.0 Å². The Morgan fingerprint density at radius 3 is 2.59 bits per heavy atom. The number of hydrogen-bond donors (Lipinski definition) is 2. The standard InChI is InChI=1S/C16H24N4O.HI/c1-17-16(19-8-12-2-3-12)20-10-14-6-7-15(18-9-14)21-11-13-4-5-13;/h6-7,9,12-13H,2-5,8,10-11H2,1H3,(H2,17,19,20);1H. The topological polar surface area (TPSA) is 58.5 Å². The second-order valence-electron chi connectivity index (χ2n) is 6.01. The smallest absolute Gasteiger partial charge is 0.213 e. The van der Waals surface area contributed by atoms with E-state index in [0.717, 1.165) is 48.9 Å². The van der Waals surface area contributed by atoms with Gasteiger partial charge in [0.2, 0.25) is 5.88 Å². The minimum atomic E-state index is 0. The lowest BCUT2D eigenvalue weighted by atomic mass is 10.3. The lowest BCUT2D eigenvalue weighted by Gasteiger charge is -2.11. The molecule has 5 nitrogen and oxygen atoms in total. The lowest BCUT2D eigenvalue weighted by molar-refractivity contribution is 0.288. The second kappa shape index (κ2) is 8.55. The minimum Gasteiger partial charge on any atom is -0.477 e. The van der Waals surface area contributed by atoms with Gasteiger partial charge in [-0.3, -0.25) is 4.99 Å². The van der Waals surface area contributed by atoms with Crippen LogP contribution in [0.25, 0.3) is 0 Å². The Morgan fingerprint density at radius 1 is 1.23 bits per heavy atom. The van der Waals surface area contributed by atoms with E-state index >= 15 is 0 Å². The molecule has 1 aromatic heterocycles. The highest BCUT2D eigenvalue weighted by Gasteiger charge is 2.22. The number of hydrogen-bond acceptors (Lipinski definition) is 3. The van der Waals surface area contributed by atoms with E-state index in [1.807, 2.05) is 12.3 Å². The summed E-state index contributed by atoms with van der Waals surface area (Å²) in [5, 5.41) is 6.65. The van der Waals surface area contributed by atoms with Crippen LogP contribution >= 0.6 is 24.0 Å². The Kier molecular flexibility index (Phi) is 6.72. The Hall–Kier alpha value is -1.05. The summed E-state index contributed by atoms with van der Waals surface area (Å²) >= 11 is 0. The molecule has 0 unspecified atom stereocenters. The summed E-state index contributed by atoms with van der Waals surface area (Å²) in [6.45, 7) is 2.55. The van der Waals surface area contributed by atoms with Crippen molar-refractivity contribution >= 4 is 29.9 Å². The maximum atomic E-state index is 5.64. The number of aromatic nitrogens is 1. The van der Waals surface area contributed by atoms with Crippen molar-refractivity contribution in [2.24, 2.45) is 16.8 Å². The summed E-state index contributed by atoms with van der Waals surface area (Å²) in [6.07, 6.45) is 7.15. The molecule has 3 rings (SSSR count). The molecule has 2 N–H and O–H groups in total. The van der Waals surface area contributed by atoms with Crippen molar-refractivity contribution in [2.45, 2.75) is 32.2 Å². The monoisotopic (exact) mass is 416 g/mol. The quantitative estimate of drug-likeness (QED) is 0.408. The van der Waals surface area contributed by atoms with Crippen LogP contribution in [0.5, 0.6) is 5.88 Å². The van der Waals surface area contributed by atoms with E-state index in [9.17, 15) is 0 Å². The molecule has 6 heteroatoms. The molecule has 22 heavy (non-hydrogen) atoms. The van der Waals surface area contributed by atoms with Crippen LogP contribution in [-0.4, -0.2) is 31.1 Å². The largest absolute Gasteiger partial charge is 0.477 e. The SMILES string of the molecule is CN=C(NCc1ccc(OCC2CC2)nc1)NCC1CC1.I. The van der Waals surface area contributed by atoms with Crippen LogP contribution in [0, 0.1) is 11.8 Å². The van der Waals surface area contributed by atoms with E-state index in [1.165, 1.54) is 25.7 Å². The highest BCUT2D eigenvalue weighted by molar-refractivity contribution is 14.0. The summed E-state index contributed by atoms with van der Waals surface area (Å²) in [7, 11) is 1.80. The number of rotatable bonds is 7. The molecule has 1 heterocycles. The van der Waals surface area contributed by atoms with Crippen LogP contribution in [-0.2, 0) is 6.54 Å². The van der Waals surface area contributed by atoms with E-state index in [0.29, 0.717) is 0 Å². The third-order valence-corrected chi connectivity index (χ3v) is 3.90. The van der Waals surface area contributed by atoms with Gasteiger partial charge in [-0.1, -0.05) is 6.07 Å². The van der Waals surface area contributed by atoms with Crippen LogP contribution in [0.4, 0.5) is 0 Å². The normalized spacial score (nSPS) is 17.6. The summed E-state index contributed by atoms with van der Waals surface area (Å²) in [5.74, 6) is 3.18. The molecular formula is C16H25IN4O. The number of nitrogens with one attached hydrogen (secondary N) is 2. The molecule has 1 aromatic rings. The van der Waals surface area contributed by atoms with Gasteiger partial charge in [0, 0.05) is 32.4 Å². The first kappa shape index (κ1) is 17.3. The van der Waals surface area contributed by atoms with Gasteiger partial charge in [0.05, 0.1) is 6.61 Å². The fourth-order valence-electron chi connectivity index (χ4n) is 2.06. The fraction of sp³-hybridized carbons (Fsp3) is 0.625. The Balaban J connectivity index is 0.00000176. The van der Waals surface area contributed by atoms with Gasteiger partial charge in [0.1, 0.15) is 0 Å². The van der Waals surface area contributed by atoms with Crippen LogP contribution in [0.1, 0.15) is 31.2 Å². The van der Waals surface area contributed by atoms with E-state index in [-0.39, 0.29) is 24.0 Å². The van der Waals surface area contributed by atoms with E-state index in [4.69, 9.17) is 4.74 Å². The third-order valence-electron chi connectivity index (χ3n) is 3.90. The summed E-state index contributed by atoms with van der Waals surface area (Å²) in [6, 6.07) is 4.00.